The zero-order chi connectivity index (χ0) is 13.0. The maximum atomic E-state index is 13.5. The first-order chi connectivity index (χ1) is 7.97. The molecule has 1 N–H and O–H groups in total. The van der Waals surface area contributed by atoms with E-state index in [1.54, 1.807) is 6.92 Å². The van der Waals surface area contributed by atoms with Crippen molar-refractivity contribution >= 4 is 5.97 Å². The number of rotatable bonds is 4. The van der Waals surface area contributed by atoms with E-state index in [0.29, 0.717) is 0 Å². The molecule has 5 heteroatoms. The number of hydrogen-bond acceptors (Lipinski definition) is 3. The molecule has 17 heavy (non-hydrogen) atoms. The largest absolute Gasteiger partial charge is 0.464 e. The van der Waals surface area contributed by atoms with Gasteiger partial charge in [0.1, 0.15) is 11.9 Å². The van der Waals surface area contributed by atoms with E-state index in [4.69, 9.17) is 0 Å². The summed E-state index contributed by atoms with van der Waals surface area (Å²) in [5, 5.41) is 9.60. The SMILES string of the molecule is CCOC(=O)C(F)C(O)c1ccc(F)c(C)c1. The number of aryl methyl sites for hydroxylation is 1. The van der Waals surface area contributed by atoms with Gasteiger partial charge in [-0.05, 0) is 31.0 Å². The number of alkyl halides is 1. The molecule has 0 fully saturated rings. The number of carbonyl (C=O) groups excluding carboxylic acids is 1. The molecule has 0 aliphatic heterocycles. The summed E-state index contributed by atoms with van der Waals surface area (Å²) in [6.07, 6.45) is -3.81. The molecular formula is C12H14F2O3. The fourth-order valence-corrected chi connectivity index (χ4v) is 1.37. The van der Waals surface area contributed by atoms with Crippen LogP contribution in [0.2, 0.25) is 0 Å². The van der Waals surface area contributed by atoms with Crippen LogP contribution in [0.1, 0.15) is 24.2 Å². The van der Waals surface area contributed by atoms with Gasteiger partial charge < -0.3 is 9.84 Å². The summed E-state index contributed by atoms with van der Waals surface area (Å²) < 4.78 is 30.9. The quantitative estimate of drug-likeness (QED) is 0.825. The van der Waals surface area contributed by atoms with Crippen LogP contribution in [0.25, 0.3) is 0 Å². The van der Waals surface area contributed by atoms with E-state index in [2.05, 4.69) is 4.74 Å². The zero-order valence-electron chi connectivity index (χ0n) is 9.61. The molecule has 2 atom stereocenters. The summed E-state index contributed by atoms with van der Waals surface area (Å²) in [7, 11) is 0. The van der Waals surface area contributed by atoms with Crippen LogP contribution >= 0.6 is 0 Å². The van der Waals surface area contributed by atoms with Crippen molar-refractivity contribution < 1.29 is 23.4 Å². The lowest BCUT2D eigenvalue weighted by Crippen LogP contribution is -2.26. The summed E-state index contributed by atoms with van der Waals surface area (Å²) in [6, 6.07) is 3.65. The molecule has 2 unspecified atom stereocenters. The van der Waals surface area contributed by atoms with Gasteiger partial charge in [0, 0.05) is 0 Å². The molecule has 1 rings (SSSR count). The van der Waals surface area contributed by atoms with E-state index in [-0.39, 0.29) is 17.7 Å². The summed E-state index contributed by atoms with van der Waals surface area (Å²) in [5.41, 5.74) is 0.419. The highest BCUT2D eigenvalue weighted by atomic mass is 19.1. The highest BCUT2D eigenvalue weighted by molar-refractivity contribution is 5.75. The number of benzene rings is 1. The third kappa shape index (κ3) is 3.23. The van der Waals surface area contributed by atoms with E-state index >= 15 is 0 Å². The minimum atomic E-state index is -2.17. The normalized spacial score (nSPS) is 14.2. The number of ether oxygens (including phenoxy) is 1. The molecule has 0 saturated carbocycles. The smallest absolute Gasteiger partial charge is 0.343 e. The zero-order valence-corrected chi connectivity index (χ0v) is 9.61. The highest BCUT2D eigenvalue weighted by Gasteiger charge is 2.29. The summed E-state index contributed by atoms with van der Waals surface area (Å²) >= 11 is 0. The molecule has 0 aliphatic rings. The molecule has 0 aliphatic carbocycles. The van der Waals surface area contributed by atoms with Crippen LogP contribution in [-0.4, -0.2) is 23.9 Å². The molecule has 94 valence electrons. The Bertz CT molecular complexity index is 407. The summed E-state index contributed by atoms with van der Waals surface area (Å²) in [4.78, 5) is 11.1. The second-order valence-electron chi connectivity index (χ2n) is 3.61. The summed E-state index contributed by atoms with van der Waals surface area (Å²) in [6.45, 7) is 3.07. The molecule has 0 heterocycles. The molecule has 3 nitrogen and oxygen atoms in total. The predicted molar refractivity (Wildman–Crippen MR) is 57.6 cm³/mol. The standard InChI is InChI=1S/C12H14F2O3/c1-3-17-12(16)10(14)11(15)8-4-5-9(13)7(2)6-8/h4-6,10-11,15H,3H2,1-2H3. The van der Waals surface area contributed by atoms with Crippen molar-refractivity contribution in [1.82, 2.24) is 0 Å². The van der Waals surface area contributed by atoms with Crippen LogP contribution in [-0.2, 0) is 9.53 Å². The Kier molecular flexibility index (Phi) is 4.57. The van der Waals surface area contributed by atoms with Crippen LogP contribution in [0.3, 0.4) is 0 Å². The fraction of sp³-hybridized carbons (Fsp3) is 0.417. The minimum absolute atomic E-state index is 0.0361. The van der Waals surface area contributed by atoms with Gasteiger partial charge in [-0.2, -0.15) is 0 Å². The lowest BCUT2D eigenvalue weighted by Gasteiger charge is -2.15. The van der Waals surface area contributed by atoms with Gasteiger partial charge in [0.2, 0.25) is 6.17 Å². The lowest BCUT2D eigenvalue weighted by atomic mass is 10.0. The van der Waals surface area contributed by atoms with Gasteiger partial charge in [0.25, 0.3) is 0 Å². The van der Waals surface area contributed by atoms with Crippen molar-refractivity contribution in [3.8, 4) is 0 Å². The maximum Gasteiger partial charge on any atom is 0.343 e. The van der Waals surface area contributed by atoms with Crippen molar-refractivity contribution in [2.75, 3.05) is 6.61 Å². The first-order valence-corrected chi connectivity index (χ1v) is 5.22. The van der Waals surface area contributed by atoms with E-state index < -0.39 is 24.1 Å². The van der Waals surface area contributed by atoms with Crippen LogP contribution in [0.5, 0.6) is 0 Å². The van der Waals surface area contributed by atoms with Crippen molar-refractivity contribution in [2.24, 2.45) is 0 Å². The average Bonchev–Trinajstić information content (AvgIpc) is 2.31. The van der Waals surface area contributed by atoms with Crippen LogP contribution < -0.4 is 0 Å². The molecule has 1 aromatic carbocycles. The van der Waals surface area contributed by atoms with Gasteiger partial charge in [-0.1, -0.05) is 12.1 Å². The summed E-state index contributed by atoms with van der Waals surface area (Å²) in [5.74, 6) is -1.57. The Balaban J connectivity index is 2.84. The van der Waals surface area contributed by atoms with Crippen molar-refractivity contribution in [1.29, 1.82) is 0 Å². The van der Waals surface area contributed by atoms with E-state index in [1.165, 1.54) is 19.1 Å². The van der Waals surface area contributed by atoms with Crippen molar-refractivity contribution in [3.63, 3.8) is 0 Å². The number of hydrogen-bond donors (Lipinski definition) is 1. The average molecular weight is 244 g/mol. The monoisotopic (exact) mass is 244 g/mol. The number of aliphatic hydroxyl groups is 1. The van der Waals surface area contributed by atoms with E-state index in [9.17, 15) is 18.7 Å². The van der Waals surface area contributed by atoms with Crippen LogP contribution in [0, 0.1) is 12.7 Å². The van der Waals surface area contributed by atoms with E-state index in [0.717, 1.165) is 6.07 Å². The van der Waals surface area contributed by atoms with Gasteiger partial charge in [0.15, 0.2) is 0 Å². The third-order valence-electron chi connectivity index (χ3n) is 2.31. The molecule has 0 saturated heterocycles. The fourth-order valence-electron chi connectivity index (χ4n) is 1.37. The maximum absolute atomic E-state index is 13.5. The second-order valence-corrected chi connectivity index (χ2v) is 3.61. The Morgan fingerprint density at radius 1 is 1.53 bits per heavy atom. The van der Waals surface area contributed by atoms with Gasteiger partial charge >= 0.3 is 5.97 Å². The molecule has 0 aromatic heterocycles. The second kappa shape index (κ2) is 5.72. The molecular weight excluding hydrogens is 230 g/mol. The minimum Gasteiger partial charge on any atom is -0.464 e. The number of esters is 1. The molecule has 0 spiro atoms. The Labute approximate surface area is 98.0 Å². The number of halogens is 2. The molecule has 0 bridgehead atoms. The van der Waals surface area contributed by atoms with Gasteiger partial charge in [0.05, 0.1) is 6.61 Å². The molecule has 0 amide bonds. The highest BCUT2D eigenvalue weighted by Crippen LogP contribution is 2.22. The molecule has 1 aromatic rings. The Hall–Kier alpha value is -1.49. The third-order valence-corrected chi connectivity index (χ3v) is 2.31. The topological polar surface area (TPSA) is 46.5 Å². The first-order valence-electron chi connectivity index (χ1n) is 5.22. The molecule has 0 radical (unpaired) electrons. The predicted octanol–water partition coefficient (Wildman–Crippen LogP) is 2.07. The van der Waals surface area contributed by atoms with Crippen molar-refractivity contribution in [3.05, 3.63) is 35.1 Å². The Morgan fingerprint density at radius 2 is 2.18 bits per heavy atom. The van der Waals surface area contributed by atoms with Gasteiger partial charge in [-0.3, -0.25) is 0 Å². The number of aliphatic hydroxyl groups excluding tert-OH is 1. The van der Waals surface area contributed by atoms with Crippen molar-refractivity contribution in [2.45, 2.75) is 26.1 Å². The van der Waals surface area contributed by atoms with E-state index in [1.807, 2.05) is 0 Å². The lowest BCUT2D eigenvalue weighted by molar-refractivity contribution is -0.153. The Morgan fingerprint density at radius 3 is 2.71 bits per heavy atom. The van der Waals surface area contributed by atoms with Gasteiger partial charge in [-0.25, -0.2) is 13.6 Å². The first kappa shape index (κ1) is 13.6. The van der Waals surface area contributed by atoms with Crippen LogP contribution in [0.15, 0.2) is 18.2 Å². The number of carbonyl (C=O) groups is 1. The van der Waals surface area contributed by atoms with Crippen LogP contribution in [0.4, 0.5) is 8.78 Å². The van der Waals surface area contributed by atoms with Gasteiger partial charge in [-0.15, -0.1) is 0 Å².